The first kappa shape index (κ1) is 8.27. The van der Waals surface area contributed by atoms with Gasteiger partial charge in [-0.25, -0.2) is 4.79 Å². The lowest BCUT2D eigenvalue weighted by atomic mass is 10.0. The third kappa shape index (κ3) is 1.80. The van der Waals surface area contributed by atoms with E-state index in [2.05, 4.69) is 4.90 Å². The van der Waals surface area contributed by atoms with Crippen LogP contribution in [0.2, 0.25) is 0 Å². The summed E-state index contributed by atoms with van der Waals surface area (Å²) in [6, 6.07) is 0.353. The van der Waals surface area contributed by atoms with E-state index in [1.807, 2.05) is 14.0 Å². The molecule has 0 aliphatic carbocycles. The molecule has 0 aromatic rings. The van der Waals surface area contributed by atoms with Gasteiger partial charge in [-0.3, -0.25) is 4.90 Å². The Bertz CT molecular complexity index is 198. The zero-order valence-corrected chi connectivity index (χ0v) is 6.87. The van der Waals surface area contributed by atoms with Crippen molar-refractivity contribution in [2.45, 2.75) is 19.4 Å². The smallest absolute Gasteiger partial charge is 0.331 e. The van der Waals surface area contributed by atoms with Gasteiger partial charge in [0, 0.05) is 18.2 Å². The Hall–Kier alpha value is -0.830. The van der Waals surface area contributed by atoms with Crippen molar-refractivity contribution < 1.29 is 9.90 Å². The fourth-order valence-electron chi connectivity index (χ4n) is 1.17. The molecule has 0 spiro atoms. The third-order valence-corrected chi connectivity index (χ3v) is 2.17. The van der Waals surface area contributed by atoms with Crippen molar-refractivity contribution in [2.24, 2.45) is 0 Å². The lowest BCUT2D eigenvalue weighted by molar-refractivity contribution is -0.133. The molecular weight excluding hydrogens is 142 g/mol. The van der Waals surface area contributed by atoms with Crippen LogP contribution in [-0.4, -0.2) is 35.6 Å². The number of rotatable bonds is 1. The van der Waals surface area contributed by atoms with E-state index in [9.17, 15) is 4.79 Å². The molecule has 0 aromatic carbocycles. The highest BCUT2D eigenvalue weighted by Gasteiger charge is 2.19. The Morgan fingerprint density at radius 1 is 1.82 bits per heavy atom. The maximum absolute atomic E-state index is 10.5. The number of hydrogen-bond donors (Lipinski definition) is 1. The van der Waals surface area contributed by atoms with E-state index >= 15 is 0 Å². The third-order valence-electron chi connectivity index (χ3n) is 2.17. The summed E-state index contributed by atoms with van der Waals surface area (Å²) in [4.78, 5) is 12.7. The number of likely N-dealkylation sites (N-methyl/N-ethyl adjacent to an activating group) is 1. The number of carbonyl (C=O) groups is 1. The molecule has 0 amide bonds. The number of nitrogens with zero attached hydrogens (tertiary/aromatic N) is 1. The van der Waals surface area contributed by atoms with Gasteiger partial charge in [0.15, 0.2) is 0 Å². The summed E-state index contributed by atoms with van der Waals surface area (Å²) in [6.07, 6.45) is 2.44. The molecule has 62 valence electrons. The van der Waals surface area contributed by atoms with Gasteiger partial charge >= 0.3 is 5.97 Å². The van der Waals surface area contributed by atoms with Crippen molar-refractivity contribution >= 4 is 5.97 Å². The van der Waals surface area contributed by atoms with Gasteiger partial charge in [-0.05, 0) is 20.4 Å². The maximum atomic E-state index is 10.5. The second-order valence-electron chi connectivity index (χ2n) is 3.03. The van der Waals surface area contributed by atoms with E-state index in [0.717, 1.165) is 6.54 Å². The van der Waals surface area contributed by atoms with Crippen LogP contribution in [0.4, 0.5) is 0 Å². The highest BCUT2D eigenvalue weighted by molar-refractivity contribution is 5.86. The molecule has 1 atom stereocenters. The maximum Gasteiger partial charge on any atom is 0.331 e. The minimum absolute atomic E-state index is 0.353. The molecule has 1 rings (SSSR count). The number of aliphatic carboxylic acids is 1. The van der Waals surface area contributed by atoms with E-state index < -0.39 is 5.97 Å². The number of carboxylic acids is 1. The molecule has 0 radical (unpaired) electrons. The molecule has 0 saturated carbocycles. The normalized spacial score (nSPS) is 26.4. The lowest BCUT2D eigenvalue weighted by Crippen LogP contribution is -2.34. The van der Waals surface area contributed by atoms with Gasteiger partial charge in [0.25, 0.3) is 0 Å². The standard InChI is InChI=1S/C8H13NO2/c1-6-5-7(8(10)11)3-4-9(6)2/h3,6H,4-5H2,1-2H3,(H,10,11)/t6-/m1/s1. The molecule has 1 N–H and O–H groups in total. The van der Waals surface area contributed by atoms with Crippen LogP contribution in [0.15, 0.2) is 11.6 Å². The first-order valence-electron chi connectivity index (χ1n) is 3.74. The molecule has 0 fully saturated rings. The minimum atomic E-state index is -0.773. The molecule has 1 aliphatic heterocycles. The molecule has 0 aromatic heterocycles. The molecule has 3 heteroatoms. The van der Waals surface area contributed by atoms with Crippen LogP contribution in [-0.2, 0) is 4.79 Å². The van der Waals surface area contributed by atoms with Gasteiger partial charge in [-0.1, -0.05) is 6.08 Å². The van der Waals surface area contributed by atoms with Crippen LogP contribution < -0.4 is 0 Å². The topological polar surface area (TPSA) is 40.5 Å². The number of carboxylic acid groups (broad SMARTS) is 1. The predicted octanol–water partition coefficient (Wildman–Crippen LogP) is 0.721. The number of hydrogen-bond acceptors (Lipinski definition) is 2. The van der Waals surface area contributed by atoms with Crippen LogP contribution in [0.1, 0.15) is 13.3 Å². The van der Waals surface area contributed by atoms with Crippen LogP contribution in [0.3, 0.4) is 0 Å². The van der Waals surface area contributed by atoms with Gasteiger partial charge in [-0.15, -0.1) is 0 Å². The minimum Gasteiger partial charge on any atom is -0.478 e. The molecule has 11 heavy (non-hydrogen) atoms. The summed E-state index contributed by atoms with van der Waals surface area (Å²) < 4.78 is 0. The Labute approximate surface area is 66.3 Å². The van der Waals surface area contributed by atoms with Gasteiger partial charge in [0.1, 0.15) is 0 Å². The molecule has 1 aliphatic rings. The fourth-order valence-corrected chi connectivity index (χ4v) is 1.17. The summed E-state index contributed by atoms with van der Waals surface area (Å²) >= 11 is 0. The Morgan fingerprint density at radius 3 is 2.91 bits per heavy atom. The van der Waals surface area contributed by atoms with Gasteiger partial charge < -0.3 is 5.11 Å². The van der Waals surface area contributed by atoms with Crippen LogP contribution in [0.5, 0.6) is 0 Å². The van der Waals surface area contributed by atoms with Gasteiger partial charge in [0.05, 0.1) is 0 Å². The molecular formula is C8H13NO2. The fraction of sp³-hybridized carbons (Fsp3) is 0.625. The molecule has 0 bridgehead atoms. The molecule has 0 saturated heterocycles. The first-order valence-corrected chi connectivity index (χ1v) is 3.74. The molecule has 0 unspecified atom stereocenters. The monoisotopic (exact) mass is 155 g/mol. The van der Waals surface area contributed by atoms with E-state index in [4.69, 9.17) is 5.11 Å². The Morgan fingerprint density at radius 2 is 2.45 bits per heavy atom. The van der Waals surface area contributed by atoms with E-state index in [1.54, 1.807) is 6.08 Å². The molecule has 3 nitrogen and oxygen atoms in total. The van der Waals surface area contributed by atoms with E-state index in [0.29, 0.717) is 18.0 Å². The Balaban J connectivity index is 2.66. The quantitative estimate of drug-likeness (QED) is 0.606. The summed E-state index contributed by atoms with van der Waals surface area (Å²) in [6.45, 7) is 2.79. The lowest BCUT2D eigenvalue weighted by Gasteiger charge is -2.27. The van der Waals surface area contributed by atoms with Crippen LogP contribution >= 0.6 is 0 Å². The first-order chi connectivity index (χ1) is 5.11. The largest absolute Gasteiger partial charge is 0.478 e. The van der Waals surface area contributed by atoms with Crippen molar-refractivity contribution in [3.8, 4) is 0 Å². The predicted molar refractivity (Wildman–Crippen MR) is 42.4 cm³/mol. The SMILES string of the molecule is C[C@@H]1CC(C(=O)O)=CCN1C. The zero-order valence-electron chi connectivity index (χ0n) is 6.87. The summed E-state index contributed by atoms with van der Waals surface area (Å²) in [5.41, 5.74) is 0.551. The summed E-state index contributed by atoms with van der Waals surface area (Å²) in [5, 5.41) is 8.66. The van der Waals surface area contributed by atoms with Gasteiger partial charge in [-0.2, -0.15) is 0 Å². The van der Waals surface area contributed by atoms with Crippen molar-refractivity contribution in [3.05, 3.63) is 11.6 Å². The van der Waals surface area contributed by atoms with Crippen molar-refractivity contribution in [1.29, 1.82) is 0 Å². The second kappa shape index (κ2) is 3.05. The van der Waals surface area contributed by atoms with E-state index in [1.165, 1.54) is 0 Å². The van der Waals surface area contributed by atoms with Crippen LogP contribution in [0.25, 0.3) is 0 Å². The van der Waals surface area contributed by atoms with Crippen molar-refractivity contribution in [2.75, 3.05) is 13.6 Å². The average Bonchev–Trinajstić information content (AvgIpc) is 1.94. The highest BCUT2D eigenvalue weighted by Crippen LogP contribution is 2.15. The van der Waals surface area contributed by atoms with E-state index in [-0.39, 0.29) is 0 Å². The van der Waals surface area contributed by atoms with Crippen LogP contribution in [0, 0.1) is 0 Å². The Kier molecular flexibility index (Phi) is 2.29. The average molecular weight is 155 g/mol. The summed E-state index contributed by atoms with van der Waals surface area (Å²) in [7, 11) is 2.00. The van der Waals surface area contributed by atoms with Crippen molar-refractivity contribution in [1.82, 2.24) is 4.90 Å². The highest BCUT2D eigenvalue weighted by atomic mass is 16.4. The molecule has 1 heterocycles. The van der Waals surface area contributed by atoms with Gasteiger partial charge in [0.2, 0.25) is 0 Å². The second-order valence-corrected chi connectivity index (χ2v) is 3.03. The zero-order chi connectivity index (χ0) is 8.43. The summed E-state index contributed by atoms with van der Waals surface area (Å²) in [5.74, 6) is -0.773. The van der Waals surface area contributed by atoms with Crippen molar-refractivity contribution in [3.63, 3.8) is 0 Å².